The molecule has 53 heavy (non-hydrogen) atoms. The highest BCUT2D eigenvalue weighted by Gasteiger charge is 2.19. The zero-order valence-electron chi connectivity index (χ0n) is 35.5. The highest BCUT2D eigenvalue weighted by Crippen LogP contribution is 2.16. The van der Waals surface area contributed by atoms with E-state index in [9.17, 15) is 19.8 Å². The summed E-state index contributed by atoms with van der Waals surface area (Å²) in [4.78, 5) is 24.4. The largest absolute Gasteiger partial charge is 0.466 e. The van der Waals surface area contributed by atoms with Crippen molar-refractivity contribution in [3.05, 3.63) is 12.2 Å². The fraction of sp³-hybridized carbons (Fsp3) is 0.915. The number of ether oxygens (including phenoxy) is 1. The van der Waals surface area contributed by atoms with Crippen LogP contribution in [-0.2, 0) is 14.3 Å². The van der Waals surface area contributed by atoms with E-state index in [1.807, 2.05) is 0 Å². The standard InChI is InChI=1S/C47H91NO5/c1-3-5-7-9-11-13-15-17-19-20-23-27-31-35-39-45(50)44(43-49)48-46(51)40-36-32-28-24-22-26-30-34-38-42-53-47(52)41-37-33-29-25-21-18-16-14-12-10-8-6-4-2/h24,28,44-45,49-50H,3-23,25-27,29-43H2,1-2H3,(H,48,51)/b28-24-. The molecule has 6 nitrogen and oxygen atoms in total. The molecule has 0 bridgehead atoms. The summed E-state index contributed by atoms with van der Waals surface area (Å²) in [6.45, 7) is 4.86. The molecule has 0 saturated heterocycles. The third-order valence-electron chi connectivity index (χ3n) is 10.8. The van der Waals surface area contributed by atoms with E-state index >= 15 is 0 Å². The van der Waals surface area contributed by atoms with Crippen molar-refractivity contribution in [1.29, 1.82) is 0 Å². The summed E-state index contributed by atoms with van der Waals surface area (Å²) in [5.41, 5.74) is 0. The minimum absolute atomic E-state index is 0.0343. The molecule has 1 amide bonds. The summed E-state index contributed by atoms with van der Waals surface area (Å²) in [7, 11) is 0. The molecule has 3 N–H and O–H groups in total. The van der Waals surface area contributed by atoms with Crippen molar-refractivity contribution in [1.82, 2.24) is 5.32 Å². The average Bonchev–Trinajstić information content (AvgIpc) is 3.16. The lowest BCUT2D eigenvalue weighted by atomic mass is 10.0. The van der Waals surface area contributed by atoms with E-state index in [0.29, 0.717) is 25.9 Å². The molecule has 0 aliphatic carbocycles. The van der Waals surface area contributed by atoms with Gasteiger partial charge in [0.05, 0.1) is 25.4 Å². The van der Waals surface area contributed by atoms with Gasteiger partial charge in [0.25, 0.3) is 0 Å². The van der Waals surface area contributed by atoms with Gasteiger partial charge in [-0.15, -0.1) is 0 Å². The van der Waals surface area contributed by atoms with Crippen LogP contribution in [0, 0.1) is 0 Å². The van der Waals surface area contributed by atoms with Crippen LogP contribution in [0.2, 0.25) is 0 Å². The van der Waals surface area contributed by atoms with Gasteiger partial charge in [-0.05, 0) is 44.9 Å². The molecule has 0 spiro atoms. The number of esters is 1. The quantitative estimate of drug-likeness (QED) is 0.0328. The number of carbonyl (C=O) groups excluding carboxylic acids is 2. The molecule has 314 valence electrons. The molecule has 0 rings (SSSR count). The van der Waals surface area contributed by atoms with Crippen LogP contribution in [-0.4, -0.2) is 47.4 Å². The Hall–Kier alpha value is -1.40. The Balaban J connectivity index is 3.54. The fourth-order valence-corrected chi connectivity index (χ4v) is 7.17. The predicted molar refractivity (Wildman–Crippen MR) is 227 cm³/mol. The SMILES string of the molecule is CCCCCCCCCCCCCCCCC(O)C(CO)NC(=O)CCC/C=C\CCCCCCOC(=O)CCCCCCCCCCCCCCC. The van der Waals surface area contributed by atoms with E-state index in [4.69, 9.17) is 4.74 Å². The number of nitrogens with one attached hydrogen (secondary N) is 1. The van der Waals surface area contributed by atoms with Crippen molar-refractivity contribution in [3.63, 3.8) is 0 Å². The summed E-state index contributed by atoms with van der Waals surface area (Å²) in [5, 5.41) is 23.1. The first kappa shape index (κ1) is 51.6. The van der Waals surface area contributed by atoms with Gasteiger partial charge in [-0.3, -0.25) is 9.59 Å². The Morgan fingerprint density at radius 3 is 1.38 bits per heavy atom. The Kier molecular flexibility index (Phi) is 42.2. The number of hydrogen-bond donors (Lipinski definition) is 3. The molecule has 2 unspecified atom stereocenters. The van der Waals surface area contributed by atoms with Crippen LogP contribution >= 0.6 is 0 Å². The topological polar surface area (TPSA) is 95.9 Å². The number of allylic oxidation sites excluding steroid dienone is 2. The Morgan fingerprint density at radius 2 is 0.906 bits per heavy atom. The average molecular weight is 750 g/mol. The van der Waals surface area contributed by atoms with Crippen LogP contribution in [0.1, 0.15) is 251 Å². The van der Waals surface area contributed by atoms with Gasteiger partial charge >= 0.3 is 5.97 Å². The molecule has 0 saturated carbocycles. The van der Waals surface area contributed by atoms with E-state index in [1.165, 1.54) is 148 Å². The van der Waals surface area contributed by atoms with Gasteiger partial charge in [-0.25, -0.2) is 0 Å². The third-order valence-corrected chi connectivity index (χ3v) is 10.8. The van der Waals surface area contributed by atoms with Crippen LogP contribution in [0.5, 0.6) is 0 Å². The summed E-state index contributed by atoms with van der Waals surface area (Å²) in [6, 6.07) is -0.576. The van der Waals surface area contributed by atoms with Crippen LogP contribution in [0.15, 0.2) is 12.2 Å². The molecule has 0 aliphatic rings. The van der Waals surface area contributed by atoms with E-state index in [1.54, 1.807) is 0 Å². The van der Waals surface area contributed by atoms with E-state index in [0.717, 1.165) is 70.6 Å². The minimum Gasteiger partial charge on any atom is -0.466 e. The van der Waals surface area contributed by atoms with Crippen molar-refractivity contribution in [2.45, 2.75) is 264 Å². The third kappa shape index (κ3) is 40.1. The number of aliphatic hydroxyl groups is 2. The van der Waals surface area contributed by atoms with Gasteiger partial charge in [0.2, 0.25) is 5.91 Å². The molecule has 0 fully saturated rings. The molecule has 0 radical (unpaired) electrons. The minimum atomic E-state index is -0.692. The maximum absolute atomic E-state index is 12.4. The molecule has 6 heteroatoms. The zero-order valence-corrected chi connectivity index (χ0v) is 35.5. The molecule has 0 aromatic rings. The number of rotatable bonds is 43. The first-order chi connectivity index (χ1) is 26.0. The summed E-state index contributed by atoms with van der Waals surface area (Å²) >= 11 is 0. The molecular formula is C47H91NO5. The number of unbranched alkanes of at least 4 members (excludes halogenated alkanes) is 30. The first-order valence-electron chi connectivity index (χ1n) is 23.4. The molecule has 0 heterocycles. The Labute approximate surface area is 329 Å². The van der Waals surface area contributed by atoms with E-state index < -0.39 is 12.1 Å². The zero-order chi connectivity index (χ0) is 38.7. The van der Waals surface area contributed by atoms with Crippen LogP contribution in [0.4, 0.5) is 0 Å². The van der Waals surface area contributed by atoms with Crippen molar-refractivity contribution in [3.8, 4) is 0 Å². The van der Waals surface area contributed by atoms with Gasteiger partial charge in [0.15, 0.2) is 0 Å². The van der Waals surface area contributed by atoms with Gasteiger partial charge in [0, 0.05) is 12.8 Å². The molecular weight excluding hydrogens is 659 g/mol. The molecule has 0 aromatic carbocycles. The molecule has 0 aliphatic heterocycles. The molecule has 2 atom stereocenters. The number of hydrogen-bond acceptors (Lipinski definition) is 5. The predicted octanol–water partition coefficient (Wildman–Crippen LogP) is 13.4. The number of aliphatic hydroxyl groups excluding tert-OH is 2. The van der Waals surface area contributed by atoms with Crippen LogP contribution in [0.3, 0.4) is 0 Å². The maximum Gasteiger partial charge on any atom is 0.305 e. The van der Waals surface area contributed by atoms with Crippen LogP contribution in [0.25, 0.3) is 0 Å². The second kappa shape index (κ2) is 43.3. The second-order valence-electron chi connectivity index (χ2n) is 16.1. The Bertz CT molecular complexity index is 787. The fourth-order valence-electron chi connectivity index (χ4n) is 7.17. The van der Waals surface area contributed by atoms with Gasteiger partial charge in [-0.2, -0.15) is 0 Å². The lowest BCUT2D eigenvalue weighted by Gasteiger charge is -2.22. The van der Waals surface area contributed by atoms with Crippen molar-refractivity contribution in [2.75, 3.05) is 13.2 Å². The summed E-state index contributed by atoms with van der Waals surface area (Å²) < 4.78 is 5.43. The Morgan fingerprint density at radius 1 is 0.509 bits per heavy atom. The van der Waals surface area contributed by atoms with Gasteiger partial charge in [0.1, 0.15) is 0 Å². The van der Waals surface area contributed by atoms with E-state index in [-0.39, 0.29) is 18.5 Å². The first-order valence-corrected chi connectivity index (χ1v) is 23.4. The van der Waals surface area contributed by atoms with Gasteiger partial charge < -0.3 is 20.3 Å². The van der Waals surface area contributed by atoms with Crippen LogP contribution < -0.4 is 5.32 Å². The second-order valence-corrected chi connectivity index (χ2v) is 16.1. The molecule has 0 aromatic heterocycles. The van der Waals surface area contributed by atoms with Gasteiger partial charge in [-0.1, -0.05) is 206 Å². The summed E-state index contributed by atoms with van der Waals surface area (Å²) in [5.74, 6) is -0.129. The summed E-state index contributed by atoms with van der Waals surface area (Å²) in [6.07, 6.45) is 47.4. The van der Waals surface area contributed by atoms with Crippen molar-refractivity contribution in [2.24, 2.45) is 0 Å². The normalized spacial score (nSPS) is 12.8. The highest BCUT2D eigenvalue weighted by atomic mass is 16.5. The number of carbonyl (C=O) groups is 2. The van der Waals surface area contributed by atoms with Crippen molar-refractivity contribution >= 4 is 11.9 Å². The van der Waals surface area contributed by atoms with Crippen molar-refractivity contribution < 1.29 is 24.5 Å². The highest BCUT2D eigenvalue weighted by molar-refractivity contribution is 5.76. The number of amides is 1. The smallest absolute Gasteiger partial charge is 0.305 e. The van der Waals surface area contributed by atoms with E-state index in [2.05, 4.69) is 31.3 Å². The lowest BCUT2D eigenvalue weighted by Crippen LogP contribution is -2.45. The maximum atomic E-state index is 12.4. The monoisotopic (exact) mass is 750 g/mol. The lowest BCUT2D eigenvalue weighted by molar-refractivity contribution is -0.143.